The molecule has 6 rings (SSSR count). The van der Waals surface area contributed by atoms with E-state index in [1.54, 1.807) is 12.0 Å². The molecule has 200 valence electrons. The van der Waals surface area contributed by atoms with Gasteiger partial charge in [0.05, 0.1) is 20.2 Å². The predicted molar refractivity (Wildman–Crippen MR) is 152 cm³/mol. The quantitative estimate of drug-likeness (QED) is 0.271. The van der Waals surface area contributed by atoms with E-state index in [1.165, 1.54) is 31.5 Å². The molecule has 1 fully saturated rings. The van der Waals surface area contributed by atoms with Crippen molar-refractivity contribution in [2.45, 2.75) is 39.0 Å². The van der Waals surface area contributed by atoms with Crippen LogP contribution in [-0.2, 0) is 19.7 Å². The standard InChI is InChI=1S/C33H36N3O3/c1-38-30-19-26-18-27(17-23-12-15-35(16-13-23)21-24-7-3-2-4-8-24)33(37)28(26)20-31(30)39-22-36-14-6-10-25-9-5-11-29(34)32(25)36/h2-11,14,19-20,23,27H,12-13,15-18,21-22,34H2,1H3/q+1/p+1. The van der Waals surface area contributed by atoms with Crippen molar-refractivity contribution in [1.29, 1.82) is 0 Å². The summed E-state index contributed by atoms with van der Waals surface area (Å²) in [6.45, 7) is 3.71. The highest BCUT2D eigenvalue weighted by Gasteiger charge is 2.35. The molecule has 1 aliphatic carbocycles. The van der Waals surface area contributed by atoms with Crippen LogP contribution >= 0.6 is 0 Å². The average molecular weight is 524 g/mol. The number of carbonyl (C=O) groups is 1. The Morgan fingerprint density at radius 2 is 1.77 bits per heavy atom. The minimum absolute atomic E-state index is 0.0490. The summed E-state index contributed by atoms with van der Waals surface area (Å²) < 4.78 is 13.9. The molecule has 0 spiro atoms. The molecule has 1 aliphatic heterocycles. The number of nitrogen functional groups attached to an aromatic ring is 1. The highest BCUT2D eigenvalue weighted by atomic mass is 16.5. The molecule has 3 N–H and O–H groups in total. The lowest BCUT2D eigenvalue weighted by Gasteiger charge is -2.30. The van der Waals surface area contributed by atoms with Gasteiger partial charge in [0.25, 0.3) is 6.73 Å². The van der Waals surface area contributed by atoms with Crippen LogP contribution in [0.4, 0.5) is 5.69 Å². The third kappa shape index (κ3) is 5.34. The van der Waals surface area contributed by atoms with E-state index in [-0.39, 0.29) is 18.4 Å². The number of pyridine rings is 1. The van der Waals surface area contributed by atoms with E-state index in [9.17, 15) is 4.79 Å². The Balaban J connectivity index is 1.11. The van der Waals surface area contributed by atoms with E-state index < -0.39 is 0 Å². The maximum atomic E-state index is 13.5. The first-order valence-corrected chi connectivity index (χ1v) is 14.0. The Hall–Kier alpha value is -3.90. The number of nitrogens with zero attached hydrogens (tertiary/aromatic N) is 1. The van der Waals surface area contributed by atoms with E-state index >= 15 is 0 Å². The van der Waals surface area contributed by atoms with Gasteiger partial charge in [-0.15, -0.1) is 0 Å². The minimum atomic E-state index is 0.0490. The Morgan fingerprint density at radius 3 is 2.56 bits per heavy atom. The normalized spacial score (nSPS) is 20.6. The zero-order valence-corrected chi connectivity index (χ0v) is 22.6. The van der Waals surface area contributed by atoms with Crippen LogP contribution in [-0.4, -0.2) is 26.0 Å². The van der Waals surface area contributed by atoms with Gasteiger partial charge in [-0.2, -0.15) is 4.57 Å². The summed E-state index contributed by atoms with van der Waals surface area (Å²) in [5.74, 6) is 2.15. The Bertz CT molecular complexity index is 1470. The molecule has 0 amide bonds. The largest absolute Gasteiger partial charge is 0.493 e. The van der Waals surface area contributed by atoms with Gasteiger partial charge < -0.3 is 20.1 Å². The number of benzene rings is 3. The lowest BCUT2D eigenvalue weighted by atomic mass is 9.85. The van der Waals surface area contributed by atoms with Crippen molar-refractivity contribution in [2.24, 2.45) is 11.8 Å². The summed E-state index contributed by atoms with van der Waals surface area (Å²) in [4.78, 5) is 15.1. The van der Waals surface area contributed by atoms with Crippen LogP contribution in [0.5, 0.6) is 11.5 Å². The average Bonchev–Trinajstić information content (AvgIpc) is 3.26. The number of fused-ring (bicyclic) bond motifs is 2. The number of nitrogens with one attached hydrogen (secondary N) is 1. The van der Waals surface area contributed by atoms with Crippen molar-refractivity contribution in [3.05, 3.63) is 95.7 Å². The number of anilines is 1. The fraction of sp³-hybridized carbons (Fsp3) is 0.333. The molecule has 39 heavy (non-hydrogen) atoms. The van der Waals surface area contributed by atoms with Gasteiger partial charge in [0.1, 0.15) is 12.2 Å². The SMILES string of the molecule is COc1cc2c(cc1OC[n+]1cccc3cccc(N)c31)C(=O)C(CC1CC[NH+](Cc3ccccc3)CC1)C2. The summed E-state index contributed by atoms with van der Waals surface area (Å²) in [5, 5.41) is 1.05. The first-order valence-electron chi connectivity index (χ1n) is 14.0. The fourth-order valence-electron chi connectivity index (χ4n) is 6.44. The van der Waals surface area contributed by atoms with Crippen molar-refractivity contribution in [1.82, 2.24) is 0 Å². The Morgan fingerprint density at radius 1 is 0.974 bits per heavy atom. The van der Waals surface area contributed by atoms with Gasteiger partial charge in [-0.05, 0) is 67.5 Å². The topological polar surface area (TPSA) is 69.9 Å². The number of carbonyl (C=O) groups excluding carboxylic acids is 1. The molecule has 1 atom stereocenters. The van der Waals surface area contributed by atoms with Gasteiger partial charge in [0.15, 0.2) is 23.5 Å². The van der Waals surface area contributed by atoms with E-state index in [2.05, 4.69) is 30.3 Å². The van der Waals surface area contributed by atoms with Crippen LogP contribution in [0.3, 0.4) is 0 Å². The molecule has 6 nitrogen and oxygen atoms in total. The number of hydrogen-bond donors (Lipinski definition) is 2. The van der Waals surface area contributed by atoms with Crippen molar-refractivity contribution in [2.75, 3.05) is 25.9 Å². The van der Waals surface area contributed by atoms with Crippen LogP contribution in [0.25, 0.3) is 10.9 Å². The number of likely N-dealkylation sites (tertiary alicyclic amines) is 1. The number of hydrogen-bond acceptors (Lipinski definition) is 4. The molecule has 2 heterocycles. The van der Waals surface area contributed by atoms with Gasteiger partial charge in [0, 0.05) is 28.5 Å². The maximum Gasteiger partial charge on any atom is 0.292 e. The third-order valence-corrected chi connectivity index (χ3v) is 8.51. The van der Waals surface area contributed by atoms with Gasteiger partial charge in [-0.1, -0.05) is 36.4 Å². The fourth-order valence-corrected chi connectivity index (χ4v) is 6.44. The van der Waals surface area contributed by atoms with Crippen molar-refractivity contribution >= 4 is 22.4 Å². The van der Waals surface area contributed by atoms with Gasteiger partial charge in [0.2, 0.25) is 5.52 Å². The van der Waals surface area contributed by atoms with E-state index in [4.69, 9.17) is 15.2 Å². The number of para-hydroxylation sites is 1. The van der Waals surface area contributed by atoms with Gasteiger partial charge >= 0.3 is 0 Å². The number of methoxy groups -OCH3 is 1. The molecule has 4 aromatic rings. The molecule has 1 unspecified atom stereocenters. The number of ketones is 1. The van der Waals surface area contributed by atoms with Crippen molar-refractivity contribution < 1.29 is 23.7 Å². The maximum absolute atomic E-state index is 13.5. The second-order valence-corrected chi connectivity index (χ2v) is 11.1. The summed E-state index contributed by atoms with van der Waals surface area (Å²) in [6, 6.07) is 24.5. The van der Waals surface area contributed by atoms with Crippen molar-refractivity contribution in [3.63, 3.8) is 0 Å². The monoisotopic (exact) mass is 523 g/mol. The first kappa shape index (κ1) is 25.4. The summed E-state index contributed by atoms with van der Waals surface area (Å²) in [7, 11) is 1.65. The summed E-state index contributed by atoms with van der Waals surface area (Å²) >= 11 is 0. The smallest absolute Gasteiger partial charge is 0.292 e. The van der Waals surface area contributed by atoms with Crippen LogP contribution in [0.15, 0.2) is 79.0 Å². The number of quaternary nitrogens is 1. The number of Topliss-reactive ketones (excluding diaryl/α,β-unsaturated/α-hetero) is 1. The lowest BCUT2D eigenvalue weighted by Crippen LogP contribution is -3.11. The van der Waals surface area contributed by atoms with Gasteiger partial charge in [-0.25, -0.2) is 0 Å². The number of piperidine rings is 1. The second kappa shape index (κ2) is 11.1. The Labute approximate surface area is 230 Å². The minimum Gasteiger partial charge on any atom is -0.493 e. The van der Waals surface area contributed by atoms with Crippen LogP contribution < -0.4 is 24.7 Å². The number of aromatic nitrogens is 1. The number of rotatable bonds is 8. The van der Waals surface area contributed by atoms with Crippen LogP contribution in [0.1, 0.15) is 40.7 Å². The molecule has 2 aliphatic rings. The molecule has 0 saturated carbocycles. The van der Waals surface area contributed by atoms with Crippen LogP contribution in [0, 0.1) is 11.8 Å². The number of ether oxygens (including phenoxy) is 2. The van der Waals surface area contributed by atoms with Crippen LogP contribution in [0.2, 0.25) is 0 Å². The molecular weight excluding hydrogens is 486 g/mol. The van der Waals surface area contributed by atoms with E-state index in [0.717, 1.165) is 41.4 Å². The van der Waals surface area contributed by atoms with Crippen molar-refractivity contribution in [3.8, 4) is 11.5 Å². The van der Waals surface area contributed by atoms with E-state index in [1.807, 2.05) is 53.2 Å². The lowest BCUT2D eigenvalue weighted by molar-refractivity contribution is -0.919. The molecule has 1 saturated heterocycles. The first-order chi connectivity index (χ1) is 19.1. The molecular formula is C33H37N3O3+2. The molecule has 6 heteroatoms. The zero-order chi connectivity index (χ0) is 26.8. The second-order valence-electron chi connectivity index (χ2n) is 11.1. The predicted octanol–water partition coefficient (Wildman–Crippen LogP) is 3.99. The highest BCUT2D eigenvalue weighted by Crippen LogP contribution is 2.39. The zero-order valence-electron chi connectivity index (χ0n) is 22.6. The third-order valence-electron chi connectivity index (χ3n) is 8.51. The number of nitrogens with two attached hydrogens (primary N) is 1. The molecule has 3 aromatic carbocycles. The molecule has 0 radical (unpaired) electrons. The molecule has 1 aromatic heterocycles. The highest BCUT2D eigenvalue weighted by molar-refractivity contribution is 6.03. The summed E-state index contributed by atoms with van der Waals surface area (Å²) in [6.07, 6.45) is 6.08. The Kier molecular flexibility index (Phi) is 7.20. The van der Waals surface area contributed by atoms with Gasteiger partial charge in [-0.3, -0.25) is 4.79 Å². The molecule has 0 bridgehead atoms. The summed E-state index contributed by atoms with van der Waals surface area (Å²) in [5.41, 5.74) is 11.1. The van der Waals surface area contributed by atoms with E-state index in [0.29, 0.717) is 23.1 Å².